The van der Waals surface area contributed by atoms with Gasteiger partial charge in [0.2, 0.25) is 5.91 Å². The van der Waals surface area contributed by atoms with E-state index in [2.05, 4.69) is 22.5 Å². The summed E-state index contributed by atoms with van der Waals surface area (Å²) in [6.07, 6.45) is 9.18. The molecule has 6 rings (SSSR count). The molecular formula is C28H33N5O3. The summed E-state index contributed by atoms with van der Waals surface area (Å²) in [7, 11) is 0. The molecule has 0 radical (unpaired) electrons. The van der Waals surface area contributed by atoms with Crippen LogP contribution in [0.15, 0.2) is 31.0 Å². The van der Waals surface area contributed by atoms with Crippen LogP contribution in [0.3, 0.4) is 0 Å². The van der Waals surface area contributed by atoms with Crippen LogP contribution in [-0.4, -0.2) is 58.5 Å². The highest BCUT2D eigenvalue weighted by molar-refractivity contribution is 5.80. The summed E-state index contributed by atoms with van der Waals surface area (Å²) in [5.41, 5.74) is 11.4. The number of amides is 1. The van der Waals surface area contributed by atoms with Crippen molar-refractivity contribution in [1.82, 2.24) is 14.9 Å². The Labute approximate surface area is 211 Å². The van der Waals surface area contributed by atoms with Crippen LogP contribution in [0.5, 0.6) is 0 Å². The molecule has 2 aliphatic carbocycles. The van der Waals surface area contributed by atoms with Gasteiger partial charge in [0.25, 0.3) is 0 Å². The number of cyclic esters (lactones) is 1. The Bertz CT molecular complexity index is 1210. The fraction of sp³-hybridized carbons (Fsp3) is 0.500. The van der Waals surface area contributed by atoms with E-state index in [0.29, 0.717) is 43.5 Å². The van der Waals surface area contributed by atoms with Crippen molar-refractivity contribution in [2.75, 3.05) is 30.3 Å². The first-order chi connectivity index (χ1) is 17.5. The van der Waals surface area contributed by atoms with Crippen LogP contribution in [0, 0.1) is 5.92 Å². The molecule has 2 saturated heterocycles. The van der Waals surface area contributed by atoms with Crippen molar-refractivity contribution in [2.45, 2.75) is 63.0 Å². The number of pyridine rings is 2. The highest BCUT2D eigenvalue weighted by atomic mass is 16.5. The maximum absolute atomic E-state index is 13.2. The molecule has 0 unspecified atom stereocenters. The van der Waals surface area contributed by atoms with Crippen molar-refractivity contribution in [2.24, 2.45) is 5.92 Å². The molecule has 4 aliphatic rings. The summed E-state index contributed by atoms with van der Waals surface area (Å²) < 4.78 is 5.31. The largest absolute Gasteiger partial charge is 0.462 e. The molecule has 2 aromatic rings. The number of carbonyl (C=O) groups excluding carboxylic acids is 2. The van der Waals surface area contributed by atoms with E-state index >= 15 is 0 Å². The summed E-state index contributed by atoms with van der Waals surface area (Å²) in [6.45, 7) is 5.90. The first-order valence-corrected chi connectivity index (χ1v) is 13.1. The zero-order valence-electron chi connectivity index (χ0n) is 20.6. The lowest BCUT2D eigenvalue weighted by atomic mass is 10.00. The van der Waals surface area contributed by atoms with Gasteiger partial charge in [0.15, 0.2) is 5.82 Å². The van der Waals surface area contributed by atoms with Crippen LogP contribution in [0.2, 0.25) is 0 Å². The Morgan fingerprint density at radius 2 is 2.03 bits per heavy atom. The molecule has 2 aliphatic heterocycles. The number of ether oxygens (including phenoxy) is 1. The van der Waals surface area contributed by atoms with Gasteiger partial charge in [-0.2, -0.15) is 0 Å². The minimum Gasteiger partial charge on any atom is -0.462 e. The molecule has 8 nitrogen and oxygen atoms in total. The molecule has 188 valence electrons. The number of hydrogen-bond acceptors (Lipinski definition) is 7. The van der Waals surface area contributed by atoms with Gasteiger partial charge in [0.05, 0.1) is 29.5 Å². The number of anilines is 2. The van der Waals surface area contributed by atoms with Crippen molar-refractivity contribution in [3.05, 3.63) is 42.4 Å². The number of nitrogens with two attached hydrogens (primary N) is 1. The number of aromatic nitrogens is 2. The predicted octanol–water partition coefficient (Wildman–Crippen LogP) is 3.77. The zero-order chi connectivity index (χ0) is 24.8. The Kier molecular flexibility index (Phi) is 5.90. The van der Waals surface area contributed by atoms with Crippen LogP contribution in [-0.2, 0) is 14.3 Å². The lowest BCUT2D eigenvalue weighted by molar-refractivity contribution is -0.144. The van der Waals surface area contributed by atoms with Crippen LogP contribution >= 0.6 is 0 Å². The lowest BCUT2D eigenvalue weighted by Gasteiger charge is -2.43. The number of esters is 1. The Morgan fingerprint density at radius 3 is 2.72 bits per heavy atom. The summed E-state index contributed by atoms with van der Waals surface area (Å²) >= 11 is 0. The average Bonchev–Trinajstić information content (AvgIpc) is 3.82. The highest BCUT2D eigenvalue weighted by Crippen LogP contribution is 2.46. The highest BCUT2D eigenvalue weighted by Gasteiger charge is 2.42. The van der Waals surface area contributed by atoms with E-state index in [0.717, 1.165) is 60.6 Å². The van der Waals surface area contributed by atoms with Crippen molar-refractivity contribution in [3.63, 3.8) is 0 Å². The molecule has 0 bridgehead atoms. The summed E-state index contributed by atoms with van der Waals surface area (Å²) in [5, 5.41) is 0. The second-order valence-electron chi connectivity index (χ2n) is 10.6. The molecule has 0 aromatic carbocycles. The third-order valence-electron chi connectivity index (χ3n) is 7.90. The van der Waals surface area contributed by atoms with Gasteiger partial charge in [-0.1, -0.05) is 6.58 Å². The SMILES string of the molecule is C=Cc1cc(-c2cc(N)c(N3CCN(C(=O)C[C@H]4CCC(=O)O4)[C@H](C4CC4)C3)nc2C2CC2)ccn1. The van der Waals surface area contributed by atoms with Crippen LogP contribution in [0.4, 0.5) is 11.5 Å². The van der Waals surface area contributed by atoms with Gasteiger partial charge in [-0.15, -0.1) is 0 Å². The van der Waals surface area contributed by atoms with E-state index in [9.17, 15) is 9.59 Å². The smallest absolute Gasteiger partial charge is 0.306 e. The third-order valence-corrected chi connectivity index (χ3v) is 7.90. The molecule has 2 saturated carbocycles. The Balaban J connectivity index is 1.24. The molecule has 4 fully saturated rings. The zero-order valence-corrected chi connectivity index (χ0v) is 20.6. The third kappa shape index (κ3) is 4.56. The minimum atomic E-state index is -0.274. The fourth-order valence-electron chi connectivity index (χ4n) is 5.65. The second-order valence-corrected chi connectivity index (χ2v) is 10.6. The van der Waals surface area contributed by atoms with E-state index in [1.54, 1.807) is 12.3 Å². The van der Waals surface area contributed by atoms with Crippen molar-refractivity contribution in [3.8, 4) is 11.1 Å². The minimum absolute atomic E-state index is 0.0944. The topological polar surface area (TPSA) is 102 Å². The maximum atomic E-state index is 13.2. The van der Waals surface area contributed by atoms with E-state index in [1.807, 2.05) is 17.0 Å². The quantitative estimate of drug-likeness (QED) is 0.593. The van der Waals surface area contributed by atoms with Crippen molar-refractivity contribution >= 4 is 29.5 Å². The maximum Gasteiger partial charge on any atom is 0.306 e. The molecule has 2 aromatic heterocycles. The summed E-state index contributed by atoms with van der Waals surface area (Å²) in [4.78, 5) is 38.5. The van der Waals surface area contributed by atoms with Crippen LogP contribution in [0.1, 0.15) is 62.3 Å². The van der Waals surface area contributed by atoms with Gasteiger partial charge >= 0.3 is 5.97 Å². The first-order valence-electron chi connectivity index (χ1n) is 13.1. The molecule has 1 amide bonds. The molecule has 4 heterocycles. The molecule has 8 heteroatoms. The molecule has 2 atom stereocenters. The predicted molar refractivity (Wildman–Crippen MR) is 138 cm³/mol. The van der Waals surface area contributed by atoms with Crippen LogP contribution in [0.25, 0.3) is 17.2 Å². The normalized spacial score (nSPS) is 24.1. The Morgan fingerprint density at radius 1 is 1.19 bits per heavy atom. The van der Waals surface area contributed by atoms with Gasteiger partial charge in [-0.05, 0) is 67.9 Å². The summed E-state index contributed by atoms with van der Waals surface area (Å²) in [6, 6.07) is 6.24. The number of nitrogen functional groups attached to an aromatic ring is 1. The van der Waals surface area contributed by atoms with Gasteiger partial charge in [0, 0.05) is 43.7 Å². The van der Waals surface area contributed by atoms with Gasteiger partial charge in [-0.25, -0.2) is 4.98 Å². The number of hydrogen-bond donors (Lipinski definition) is 1. The van der Waals surface area contributed by atoms with Crippen LogP contribution < -0.4 is 10.6 Å². The second kappa shape index (κ2) is 9.22. The van der Waals surface area contributed by atoms with Gasteiger partial charge < -0.3 is 20.3 Å². The van der Waals surface area contributed by atoms with Crippen molar-refractivity contribution < 1.29 is 14.3 Å². The van der Waals surface area contributed by atoms with Gasteiger partial charge in [-0.3, -0.25) is 14.6 Å². The Hall–Kier alpha value is -3.42. The number of piperazine rings is 1. The van der Waals surface area contributed by atoms with E-state index in [4.69, 9.17) is 15.5 Å². The number of nitrogens with zero attached hydrogens (tertiary/aromatic N) is 4. The molecule has 0 spiro atoms. The van der Waals surface area contributed by atoms with E-state index in [-0.39, 0.29) is 30.4 Å². The van der Waals surface area contributed by atoms with Gasteiger partial charge in [0.1, 0.15) is 6.10 Å². The monoisotopic (exact) mass is 487 g/mol. The molecule has 36 heavy (non-hydrogen) atoms. The standard InChI is InChI=1S/C28H33N5O3/c1-2-20-13-19(9-10-30-20)22-15-23(29)28(31-27(22)18-5-6-18)32-11-12-33(24(16-32)17-3-4-17)25(34)14-21-7-8-26(35)36-21/h2,9-10,13,15,17-18,21,24H,1,3-8,11-12,14,16,29H2/t21-,24+/m1/s1. The number of rotatable bonds is 7. The lowest BCUT2D eigenvalue weighted by Crippen LogP contribution is -2.57. The summed E-state index contributed by atoms with van der Waals surface area (Å²) in [5.74, 6) is 1.70. The van der Waals surface area contributed by atoms with E-state index in [1.165, 1.54) is 0 Å². The average molecular weight is 488 g/mol. The molecule has 2 N–H and O–H groups in total. The molecular weight excluding hydrogens is 454 g/mol. The van der Waals surface area contributed by atoms with E-state index < -0.39 is 0 Å². The number of carbonyl (C=O) groups is 2. The van der Waals surface area contributed by atoms with Crippen molar-refractivity contribution in [1.29, 1.82) is 0 Å². The fourth-order valence-corrected chi connectivity index (χ4v) is 5.65. The first kappa shape index (κ1) is 23.0.